The number of nitrogens with zero attached hydrogens (tertiary/aromatic N) is 5. The van der Waals surface area contributed by atoms with Gasteiger partial charge in [-0.25, -0.2) is 4.98 Å². The topological polar surface area (TPSA) is 114 Å². The second-order valence-corrected chi connectivity index (χ2v) is 11.7. The van der Waals surface area contributed by atoms with Crippen LogP contribution in [0, 0.1) is 0 Å². The molecule has 14 heteroatoms. The van der Waals surface area contributed by atoms with Crippen LogP contribution in [0.5, 0.6) is 0 Å². The molecule has 2 saturated carbocycles. The van der Waals surface area contributed by atoms with Gasteiger partial charge < -0.3 is 25.8 Å². The zero-order valence-electron chi connectivity index (χ0n) is 23.9. The Morgan fingerprint density at radius 3 is 2.12 bits per heavy atom. The van der Waals surface area contributed by atoms with Crippen LogP contribution < -0.4 is 16.4 Å². The smallest absolute Gasteiger partial charge is 0.365 e. The van der Waals surface area contributed by atoms with Gasteiger partial charge in [0, 0.05) is 42.8 Å². The Hall–Kier alpha value is -2.83. The molecule has 2 aromatic heterocycles. The van der Waals surface area contributed by atoms with E-state index in [2.05, 4.69) is 15.2 Å². The molecule has 3 fully saturated rings. The number of hydrogen-bond acceptors (Lipinski definition) is 7. The molecule has 0 radical (unpaired) electrons. The molecule has 3 aliphatic rings. The minimum absolute atomic E-state index is 0. The summed E-state index contributed by atoms with van der Waals surface area (Å²) in [6.07, 6.45) is 7.41. The highest BCUT2D eigenvalue weighted by molar-refractivity contribution is 5.94. The number of aromatic nitrogens is 4. The normalized spacial score (nSPS) is 21.7. The molecule has 2 aliphatic carbocycles. The van der Waals surface area contributed by atoms with Gasteiger partial charge in [-0.1, -0.05) is 12.8 Å². The summed E-state index contributed by atoms with van der Waals surface area (Å²) in [6, 6.07) is 5.42. The molecular formula is C29H39Cl2F3N8O. The number of likely N-dealkylation sites (tertiary alicyclic amines) is 1. The van der Waals surface area contributed by atoms with E-state index in [4.69, 9.17) is 20.7 Å². The first kappa shape index (κ1) is 33.1. The van der Waals surface area contributed by atoms with Gasteiger partial charge in [-0.2, -0.15) is 23.1 Å². The maximum Gasteiger partial charge on any atom is 0.416 e. The summed E-state index contributed by atoms with van der Waals surface area (Å²) in [5.74, 6) is 1.03. The summed E-state index contributed by atoms with van der Waals surface area (Å²) in [7, 11) is 0. The van der Waals surface area contributed by atoms with Crippen molar-refractivity contribution in [3.63, 3.8) is 0 Å². The van der Waals surface area contributed by atoms with Gasteiger partial charge in [0.25, 0.3) is 5.91 Å². The van der Waals surface area contributed by atoms with Crippen molar-refractivity contribution < 1.29 is 18.0 Å². The first-order valence-electron chi connectivity index (χ1n) is 14.7. The van der Waals surface area contributed by atoms with Crippen molar-refractivity contribution in [3.8, 4) is 0 Å². The van der Waals surface area contributed by atoms with E-state index in [0.717, 1.165) is 61.8 Å². The number of rotatable bonds is 6. The van der Waals surface area contributed by atoms with Gasteiger partial charge in [-0.05, 0) is 75.6 Å². The fourth-order valence-corrected chi connectivity index (χ4v) is 6.38. The first-order valence-corrected chi connectivity index (χ1v) is 14.7. The summed E-state index contributed by atoms with van der Waals surface area (Å²) in [5.41, 5.74) is 7.19. The summed E-state index contributed by atoms with van der Waals surface area (Å²) >= 11 is 0. The number of carbonyl (C=O) groups is 1. The third-order valence-electron chi connectivity index (χ3n) is 8.83. The summed E-state index contributed by atoms with van der Waals surface area (Å²) < 4.78 is 40.9. The van der Waals surface area contributed by atoms with Crippen molar-refractivity contribution in [1.29, 1.82) is 0 Å². The lowest BCUT2D eigenvalue weighted by atomic mass is 9.92. The van der Waals surface area contributed by atoms with Gasteiger partial charge in [0.2, 0.25) is 5.95 Å². The van der Waals surface area contributed by atoms with Crippen LogP contribution in [0.4, 0.5) is 24.9 Å². The highest BCUT2D eigenvalue weighted by Crippen LogP contribution is 2.34. The highest BCUT2D eigenvalue weighted by atomic mass is 35.5. The zero-order chi connectivity index (χ0) is 28.6. The lowest BCUT2D eigenvalue weighted by molar-refractivity contribution is -0.137. The monoisotopic (exact) mass is 642 g/mol. The van der Waals surface area contributed by atoms with Crippen LogP contribution in [0.1, 0.15) is 86.2 Å². The molecule has 6 rings (SSSR count). The third-order valence-corrected chi connectivity index (χ3v) is 8.83. The Morgan fingerprint density at radius 2 is 1.49 bits per heavy atom. The number of halogens is 5. The molecule has 0 spiro atoms. The van der Waals surface area contributed by atoms with E-state index < -0.39 is 11.7 Å². The van der Waals surface area contributed by atoms with Crippen molar-refractivity contribution in [3.05, 3.63) is 41.7 Å². The number of nitrogens with one attached hydrogen (secondary N) is 2. The Labute approximate surface area is 261 Å². The molecule has 3 heterocycles. The maximum absolute atomic E-state index is 13.0. The van der Waals surface area contributed by atoms with E-state index in [0.29, 0.717) is 43.7 Å². The molecule has 1 amide bonds. The Balaban J connectivity index is 0.00000212. The number of piperidine rings is 1. The molecule has 0 atom stereocenters. The second kappa shape index (κ2) is 13.9. The minimum Gasteiger partial charge on any atom is -0.365 e. The lowest BCUT2D eigenvalue weighted by Crippen LogP contribution is -2.42. The van der Waals surface area contributed by atoms with Crippen LogP contribution in [-0.4, -0.2) is 61.5 Å². The van der Waals surface area contributed by atoms with Gasteiger partial charge in [-0.15, -0.1) is 24.8 Å². The molecule has 236 valence electrons. The standard InChI is InChI=1S/C29H37F3N8O.2ClH/c30-29(31,32)19-7-5-18(6-8-19)27(41)39-15-13-22(14-16-39)35-25-24-26(40(17-34-24)23-3-1-2-4-23)38-28(37-25)36-21-11-9-20(33)10-12-21;;/h5-8,17,20-23H,1-4,9-16,33H2,(H2,35,36,37,38);2*1H. The van der Waals surface area contributed by atoms with Crippen LogP contribution in [0.15, 0.2) is 30.6 Å². The summed E-state index contributed by atoms with van der Waals surface area (Å²) in [6.45, 7) is 0.991. The number of fused-ring (bicyclic) bond motifs is 1. The molecule has 0 bridgehead atoms. The molecule has 1 aromatic carbocycles. The predicted octanol–water partition coefficient (Wildman–Crippen LogP) is 6.20. The van der Waals surface area contributed by atoms with Gasteiger partial charge >= 0.3 is 6.18 Å². The van der Waals surface area contributed by atoms with Crippen LogP contribution in [-0.2, 0) is 6.18 Å². The zero-order valence-corrected chi connectivity index (χ0v) is 25.5. The SMILES string of the molecule is Cl.Cl.NC1CCC(Nc2nc(NC3CCN(C(=O)c4ccc(C(F)(F)F)cc4)CC3)c3ncn(C4CCCC4)c3n2)CC1. The van der Waals surface area contributed by atoms with Gasteiger partial charge in [-0.3, -0.25) is 4.79 Å². The van der Waals surface area contributed by atoms with Crippen molar-refractivity contribution in [2.75, 3.05) is 23.7 Å². The molecule has 4 N–H and O–H groups in total. The van der Waals surface area contributed by atoms with Crippen LogP contribution in [0.3, 0.4) is 0 Å². The van der Waals surface area contributed by atoms with Crippen LogP contribution in [0.2, 0.25) is 0 Å². The molecule has 3 aromatic rings. The van der Waals surface area contributed by atoms with Crippen LogP contribution >= 0.6 is 24.8 Å². The first-order chi connectivity index (χ1) is 19.7. The fraction of sp³-hybridized carbons (Fsp3) is 0.586. The quantitative estimate of drug-likeness (QED) is 0.293. The summed E-state index contributed by atoms with van der Waals surface area (Å²) in [4.78, 5) is 29.2. The van der Waals surface area contributed by atoms with E-state index in [1.165, 1.54) is 25.0 Å². The Bertz CT molecular complexity index is 1360. The number of hydrogen-bond donors (Lipinski definition) is 3. The number of anilines is 2. The number of benzene rings is 1. The number of carbonyl (C=O) groups excluding carboxylic acids is 1. The minimum atomic E-state index is -4.43. The lowest BCUT2D eigenvalue weighted by Gasteiger charge is -2.33. The number of alkyl halides is 3. The van der Waals surface area contributed by atoms with Crippen molar-refractivity contribution >= 4 is 53.7 Å². The van der Waals surface area contributed by atoms with E-state index in [-0.39, 0.29) is 54.4 Å². The highest BCUT2D eigenvalue weighted by Gasteiger charge is 2.31. The molecule has 9 nitrogen and oxygen atoms in total. The largest absolute Gasteiger partial charge is 0.416 e. The van der Waals surface area contributed by atoms with Gasteiger partial charge in [0.1, 0.15) is 0 Å². The average Bonchev–Trinajstić information content (AvgIpc) is 3.64. The van der Waals surface area contributed by atoms with Crippen molar-refractivity contribution in [2.45, 2.75) is 94.6 Å². The molecule has 1 saturated heterocycles. The van der Waals surface area contributed by atoms with Gasteiger partial charge in [0.15, 0.2) is 17.0 Å². The number of imidazole rings is 1. The second-order valence-electron chi connectivity index (χ2n) is 11.7. The molecule has 0 unspecified atom stereocenters. The van der Waals surface area contributed by atoms with Crippen LogP contribution in [0.25, 0.3) is 11.2 Å². The van der Waals surface area contributed by atoms with E-state index >= 15 is 0 Å². The van der Waals surface area contributed by atoms with E-state index in [1.54, 1.807) is 4.90 Å². The number of nitrogens with two attached hydrogens (primary N) is 1. The van der Waals surface area contributed by atoms with Crippen molar-refractivity contribution in [1.82, 2.24) is 24.4 Å². The van der Waals surface area contributed by atoms with E-state index in [9.17, 15) is 18.0 Å². The fourth-order valence-electron chi connectivity index (χ4n) is 6.38. The Kier molecular flexibility index (Phi) is 10.7. The van der Waals surface area contributed by atoms with Gasteiger partial charge in [0.05, 0.1) is 11.9 Å². The van der Waals surface area contributed by atoms with E-state index in [1.807, 2.05) is 6.33 Å². The predicted molar refractivity (Wildman–Crippen MR) is 165 cm³/mol. The Morgan fingerprint density at radius 1 is 0.860 bits per heavy atom. The molecular weight excluding hydrogens is 604 g/mol. The molecule has 1 aliphatic heterocycles. The maximum atomic E-state index is 13.0. The third kappa shape index (κ3) is 7.46. The summed E-state index contributed by atoms with van der Waals surface area (Å²) in [5, 5.41) is 7.14. The van der Waals surface area contributed by atoms with Crippen molar-refractivity contribution in [2.24, 2.45) is 5.73 Å². The molecule has 43 heavy (non-hydrogen) atoms. The average molecular weight is 644 g/mol. The number of amides is 1.